The highest BCUT2D eigenvalue weighted by molar-refractivity contribution is 5.91. The molecule has 2 rings (SSSR count). The lowest BCUT2D eigenvalue weighted by Crippen LogP contribution is -2.43. The Morgan fingerprint density at radius 1 is 1.61 bits per heavy atom. The molecule has 0 radical (unpaired) electrons. The minimum atomic E-state index is -0.172. The number of unbranched alkanes of at least 4 members (excludes halogenated alkanes) is 2. The Labute approximate surface area is 106 Å². The molecule has 1 amide bonds. The van der Waals surface area contributed by atoms with Crippen LogP contribution in [0, 0.1) is 12.3 Å². The van der Waals surface area contributed by atoms with Gasteiger partial charge in [-0.05, 0) is 12.8 Å². The van der Waals surface area contributed by atoms with Crippen molar-refractivity contribution in [3.05, 3.63) is 11.9 Å². The molecule has 1 fully saturated rings. The Morgan fingerprint density at radius 3 is 3.11 bits per heavy atom. The van der Waals surface area contributed by atoms with E-state index in [1.54, 1.807) is 10.9 Å². The molecule has 6 nitrogen and oxygen atoms in total. The summed E-state index contributed by atoms with van der Waals surface area (Å²) >= 11 is 0. The van der Waals surface area contributed by atoms with Gasteiger partial charge in [0, 0.05) is 26.1 Å². The van der Waals surface area contributed by atoms with Gasteiger partial charge in [0.1, 0.15) is 0 Å². The molecule has 0 aromatic carbocycles. The quantitative estimate of drug-likeness (QED) is 0.546. The molecule has 2 heterocycles. The van der Waals surface area contributed by atoms with E-state index in [4.69, 9.17) is 6.42 Å². The maximum atomic E-state index is 11.7. The molecule has 0 atom stereocenters. The average Bonchev–Trinajstić information content (AvgIpc) is 2.75. The molecule has 0 bridgehead atoms. The molecule has 1 aliphatic rings. The SMILES string of the molecule is C#CCCCCNC(=O)c1cn(C2CNC2)nn1. The van der Waals surface area contributed by atoms with Crippen molar-refractivity contribution in [2.75, 3.05) is 19.6 Å². The van der Waals surface area contributed by atoms with E-state index in [2.05, 4.69) is 26.9 Å². The lowest BCUT2D eigenvalue weighted by Gasteiger charge is -2.26. The number of aromatic nitrogens is 3. The third kappa shape index (κ3) is 3.08. The zero-order chi connectivity index (χ0) is 12.8. The van der Waals surface area contributed by atoms with Gasteiger partial charge < -0.3 is 10.6 Å². The molecular formula is C12H17N5O. The summed E-state index contributed by atoms with van der Waals surface area (Å²) in [4.78, 5) is 11.7. The van der Waals surface area contributed by atoms with E-state index in [1.807, 2.05) is 0 Å². The van der Waals surface area contributed by atoms with Crippen molar-refractivity contribution in [3.8, 4) is 12.3 Å². The third-order valence-electron chi connectivity index (χ3n) is 2.91. The molecule has 1 aromatic rings. The van der Waals surface area contributed by atoms with Crippen molar-refractivity contribution in [2.45, 2.75) is 25.3 Å². The van der Waals surface area contributed by atoms with Gasteiger partial charge in [0.25, 0.3) is 5.91 Å². The first-order valence-corrected chi connectivity index (χ1v) is 6.15. The van der Waals surface area contributed by atoms with Gasteiger partial charge in [-0.3, -0.25) is 4.79 Å². The summed E-state index contributed by atoms with van der Waals surface area (Å²) in [5.41, 5.74) is 0.374. The normalized spacial score (nSPS) is 14.8. The summed E-state index contributed by atoms with van der Waals surface area (Å²) in [6, 6.07) is 0.328. The number of carbonyl (C=O) groups is 1. The van der Waals surface area contributed by atoms with Crippen LogP contribution in [-0.2, 0) is 0 Å². The predicted octanol–water partition coefficient (Wildman–Crippen LogP) is -0.0443. The summed E-state index contributed by atoms with van der Waals surface area (Å²) in [5.74, 6) is 2.40. The van der Waals surface area contributed by atoms with E-state index in [9.17, 15) is 4.79 Å². The first kappa shape index (κ1) is 12.6. The predicted molar refractivity (Wildman–Crippen MR) is 66.9 cm³/mol. The minimum absolute atomic E-state index is 0.172. The zero-order valence-electron chi connectivity index (χ0n) is 10.2. The fourth-order valence-electron chi connectivity index (χ4n) is 1.66. The second-order valence-electron chi connectivity index (χ2n) is 4.31. The van der Waals surface area contributed by atoms with Gasteiger partial charge in [-0.25, -0.2) is 4.68 Å². The molecule has 0 aliphatic carbocycles. The summed E-state index contributed by atoms with van der Waals surface area (Å²) in [6.45, 7) is 2.39. The van der Waals surface area contributed by atoms with Crippen molar-refractivity contribution in [1.82, 2.24) is 25.6 Å². The van der Waals surface area contributed by atoms with Crippen LogP contribution in [0.2, 0.25) is 0 Å². The number of hydrogen-bond donors (Lipinski definition) is 2. The lowest BCUT2D eigenvalue weighted by molar-refractivity contribution is 0.0948. The molecule has 18 heavy (non-hydrogen) atoms. The Morgan fingerprint density at radius 2 is 2.44 bits per heavy atom. The topological polar surface area (TPSA) is 71.8 Å². The Balaban J connectivity index is 1.74. The smallest absolute Gasteiger partial charge is 0.273 e. The lowest BCUT2D eigenvalue weighted by atomic mass is 10.2. The van der Waals surface area contributed by atoms with Gasteiger partial charge in [0.15, 0.2) is 5.69 Å². The number of terminal acetylenes is 1. The van der Waals surface area contributed by atoms with Crippen LogP contribution in [-0.4, -0.2) is 40.5 Å². The van der Waals surface area contributed by atoms with Gasteiger partial charge in [-0.15, -0.1) is 17.4 Å². The molecule has 2 N–H and O–H groups in total. The van der Waals surface area contributed by atoms with Crippen LogP contribution < -0.4 is 10.6 Å². The molecule has 0 saturated carbocycles. The Bertz CT molecular complexity index is 444. The van der Waals surface area contributed by atoms with Crippen LogP contribution in [0.5, 0.6) is 0 Å². The highest BCUT2D eigenvalue weighted by Gasteiger charge is 2.21. The van der Waals surface area contributed by atoms with Crippen molar-refractivity contribution in [3.63, 3.8) is 0 Å². The summed E-state index contributed by atoms with van der Waals surface area (Å²) < 4.78 is 1.74. The largest absolute Gasteiger partial charge is 0.351 e. The van der Waals surface area contributed by atoms with Gasteiger partial charge in [-0.2, -0.15) is 0 Å². The molecule has 1 aromatic heterocycles. The van der Waals surface area contributed by atoms with Crippen LogP contribution in [0.4, 0.5) is 0 Å². The average molecular weight is 247 g/mol. The van der Waals surface area contributed by atoms with Crippen LogP contribution in [0.1, 0.15) is 35.8 Å². The maximum absolute atomic E-state index is 11.7. The monoisotopic (exact) mass is 247 g/mol. The maximum Gasteiger partial charge on any atom is 0.273 e. The minimum Gasteiger partial charge on any atom is -0.351 e. The number of hydrogen-bond acceptors (Lipinski definition) is 4. The second kappa shape index (κ2) is 6.17. The zero-order valence-corrected chi connectivity index (χ0v) is 10.2. The van der Waals surface area contributed by atoms with Gasteiger partial charge in [0.05, 0.1) is 12.2 Å². The number of nitrogens with zero attached hydrogens (tertiary/aromatic N) is 3. The second-order valence-corrected chi connectivity index (χ2v) is 4.31. The molecule has 1 saturated heterocycles. The van der Waals surface area contributed by atoms with Crippen molar-refractivity contribution in [2.24, 2.45) is 0 Å². The van der Waals surface area contributed by atoms with E-state index in [0.29, 0.717) is 18.3 Å². The summed E-state index contributed by atoms with van der Waals surface area (Å²) in [5, 5.41) is 13.8. The van der Waals surface area contributed by atoms with Crippen LogP contribution in [0.3, 0.4) is 0 Å². The molecule has 96 valence electrons. The number of rotatable bonds is 6. The van der Waals surface area contributed by atoms with Crippen LogP contribution in [0.25, 0.3) is 0 Å². The molecule has 1 aliphatic heterocycles. The van der Waals surface area contributed by atoms with Gasteiger partial charge >= 0.3 is 0 Å². The standard InChI is InChI=1S/C12H17N5O/c1-2-3-4-5-6-14-12(18)11-9-17(16-15-11)10-7-13-8-10/h1,9-10,13H,3-8H2,(H,14,18). The third-order valence-corrected chi connectivity index (χ3v) is 2.91. The number of amides is 1. The molecule has 0 spiro atoms. The molecule has 6 heteroatoms. The molecular weight excluding hydrogens is 230 g/mol. The Kier molecular flexibility index (Phi) is 4.31. The summed E-state index contributed by atoms with van der Waals surface area (Å²) in [6.07, 6.45) is 9.41. The van der Waals surface area contributed by atoms with Gasteiger partial charge in [-0.1, -0.05) is 5.21 Å². The fraction of sp³-hybridized carbons (Fsp3) is 0.583. The fourth-order valence-corrected chi connectivity index (χ4v) is 1.66. The first-order valence-electron chi connectivity index (χ1n) is 6.15. The van der Waals surface area contributed by atoms with E-state index >= 15 is 0 Å². The first-order chi connectivity index (χ1) is 8.81. The highest BCUT2D eigenvalue weighted by Crippen LogP contribution is 2.09. The van der Waals surface area contributed by atoms with Crippen molar-refractivity contribution >= 4 is 5.91 Å². The van der Waals surface area contributed by atoms with E-state index in [-0.39, 0.29) is 5.91 Å². The van der Waals surface area contributed by atoms with Crippen molar-refractivity contribution < 1.29 is 4.79 Å². The summed E-state index contributed by atoms with van der Waals surface area (Å²) in [7, 11) is 0. The Hall–Kier alpha value is -1.87. The van der Waals surface area contributed by atoms with E-state index in [0.717, 1.165) is 32.4 Å². The van der Waals surface area contributed by atoms with E-state index < -0.39 is 0 Å². The highest BCUT2D eigenvalue weighted by atomic mass is 16.2. The van der Waals surface area contributed by atoms with Gasteiger partial charge in [0.2, 0.25) is 0 Å². The van der Waals surface area contributed by atoms with Crippen LogP contribution in [0.15, 0.2) is 6.20 Å². The van der Waals surface area contributed by atoms with Crippen LogP contribution >= 0.6 is 0 Å². The van der Waals surface area contributed by atoms with Crippen molar-refractivity contribution in [1.29, 1.82) is 0 Å². The number of nitrogens with one attached hydrogen (secondary N) is 2. The van der Waals surface area contributed by atoms with E-state index in [1.165, 1.54) is 0 Å². The molecule has 0 unspecified atom stereocenters. The number of carbonyl (C=O) groups excluding carboxylic acids is 1.